The van der Waals surface area contributed by atoms with E-state index in [1.165, 1.54) is 32.4 Å². The van der Waals surface area contributed by atoms with Gasteiger partial charge in [0.15, 0.2) is 0 Å². The van der Waals surface area contributed by atoms with Gasteiger partial charge in [0.2, 0.25) is 0 Å². The third kappa shape index (κ3) is 2.21. The molecule has 3 aliphatic heterocycles. The van der Waals surface area contributed by atoms with Crippen LogP contribution in [0, 0.1) is 0 Å². The Morgan fingerprint density at radius 1 is 0.800 bits per heavy atom. The maximum absolute atomic E-state index is 2.73. The highest BCUT2D eigenvalue weighted by Crippen LogP contribution is 2.29. The molecule has 3 aliphatic rings. The molecule has 0 saturated carbocycles. The van der Waals surface area contributed by atoms with E-state index in [0.29, 0.717) is 0 Å². The lowest BCUT2D eigenvalue weighted by molar-refractivity contribution is 0.00740. The molecule has 2 unspecified atom stereocenters. The molecule has 2 atom stereocenters. The molecule has 0 aromatic heterocycles. The number of hydrogen-bond acceptors (Lipinski definition) is 2. The third-order valence-corrected chi connectivity index (χ3v) is 4.18. The molecular formula is C13H26N2. The van der Waals surface area contributed by atoms with Crippen LogP contribution in [0.2, 0.25) is 0 Å². The molecule has 88 valence electrons. The van der Waals surface area contributed by atoms with E-state index < -0.39 is 0 Å². The van der Waals surface area contributed by atoms with Crippen LogP contribution in [0.15, 0.2) is 0 Å². The highest BCUT2D eigenvalue weighted by atomic mass is 15.3. The lowest BCUT2D eigenvalue weighted by Gasteiger charge is -2.47. The van der Waals surface area contributed by atoms with Crippen molar-refractivity contribution in [3.63, 3.8) is 0 Å². The predicted octanol–water partition coefficient (Wildman–Crippen LogP) is 2.34. The Morgan fingerprint density at radius 2 is 1.20 bits per heavy atom. The molecule has 0 amide bonds. The fourth-order valence-electron chi connectivity index (χ4n) is 3.36. The minimum absolute atomic E-state index is 0.727. The number of nitrogens with zero attached hydrogens (tertiary/aromatic N) is 2. The van der Waals surface area contributed by atoms with Crippen LogP contribution in [0.25, 0.3) is 0 Å². The van der Waals surface area contributed by atoms with E-state index in [4.69, 9.17) is 0 Å². The molecule has 0 aliphatic carbocycles. The summed E-state index contributed by atoms with van der Waals surface area (Å²) in [5.74, 6) is 0. The van der Waals surface area contributed by atoms with E-state index in [1.54, 1.807) is 0 Å². The molecule has 0 aromatic rings. The van der Waals surface area contributed by atoms with Crippen molar-refractivity contribution in [3.8, 4) is 0 Å². The van der Waals surface area contributed by atoms with E-state index in [9.17, 15) is 0 Å². The summed E-state index contributed by atoms with van der Waals surface area (Å²) in [6.45, 7) is 12.0. The Morgan fingerprint density at radius 3 is 1.53 bits per heavy atom. The average Bonchev–Trinajstić information content (AvgIpc) is 2.48. The number of fused-ring (bicyclic) bond motifs is 4. The van der Waals surface area contributed by atoms with Gasteiger partial charge in [0.05, 0.1) is 0 Å². The van der Waals surface area contributed by atoms with Crippen molar-refractivity contribution < 1.29 is 0 Å². The summed E-state index contributed by atoms with van der Waals surface area (Å²) in [6, 6.07) is 3.10. The smallest absolute Gasteiger partial charge is 0.0226 e. The zero-order valence-electron chi connectivity index (χ0n) is 10.7. The Bertz CT molecular complexity index is 191. The summed E-state index contributed by atoms with van der Waals surface area (Å²) in [5, 5.41) is 0. The highest BCUT2D eigenvalue weighted by Gasteiger charge is 2.38. The lowest BCUT2D eigenvalue weighted by atomic mass is 10.0. The molecule has 0 radical (unpaired) electrons. The third-order valence-electron chi connectivity index (χ3n) is 4.18. The Balaban J connectivity index is 2.11. The second kappa shape index (κ2) is 4.42. The van der Waals surface area contributed by atoms with Gasteiger partial charge in [0, 0.05) is 37.3 Å². The zero-order chi connectivity index (χ0) is 11.0. The fourth-order valence-corrected chi connectivity index (χ4v) is 3.36. The largest absolute Gasteiger partial charge is 0.295 e. The quantitative estimate of drug-likeness (QED) is 0.690. The first kappa shape index (κ1) is 11.4. The molecule has 2 heteroatoms. The average molecular weight is 210 g/mol. The molecule has 2 nitrogen and oxygen atoms in total. The lowest BCUT2D eigenvalue weighted by Crippen LogP contribution is -2.59. The van der Waals surface area contributed by atoms with Gasteiger partial charge in [-0.25, -0.2) is 0 Å². The molecule has 3 rings (SSSR count). The molecule has 2 bridgehead atoms. The number of piperazine rings is 1. The summed E-state index contributed by atoms with van der Waals surface area (Å²) >= 11 is 0. The van der Waals surface area contributed by atoms with Gasteiger partial charge in [-0.3, -0.25) is 9.80 Å². The highest BCUT2D eigenvalue weighted by molar-refractivity contribution is 4.94. The SMILES string of the molecule is CC(C)N1CC2CCCC1CN2C(C)C. The topological polar surface area (TPSA) is 6.48 Å². The zero-order valence-corrected chi connectivity index (χ0v) is 10.7. The van der Waals surface area contributed by atoms with Gasteiger partial charge in [0.1, 0.15) is 0 Å². The van der Waals surface area contributed by atoms with Gasteiger partial charge in [0.25, 0.3) is 0 Å². The van der Waals surface area contributed by atoms with E-state index in [1.807, 2.05) is 0 Å². The van der Waals surface area contributed by atoms with Crippen molar-refractivity contribution in [3.05, 3.63) is 0 Å². The molecule has 0 N–H and O–H groups in total. The van der Waals surface area contributed by atoms with Gasteiger partial charge in [-0.05, 0) is 40.5 Å². The summed E-state index contributed by atoms with van der Waals surface area (Å²) in [6.07, 6.45) is 4.26. The minimum Gasteiger partial charge on any atom is -0.295 e. The monoisotopic (exact) mass is 210 g/mol. The molecular weight excluding hydrogens is 184 g/mol. The standard InChI is InChI=1S/C13H26N2/c1-10(2)14-8-13-7-5-6-12(14)9-15(13)11(3)4/h10-13H,5-9H2,1-4H3. The van der Waals surface area contributed by atoms with Crippen molar-refractivity contribution >= 4 is 0 Å². The van der Waals surface area contributed by atoms with Crippen LogP contribution in [0.4, 0.5) is 0 Å². The first-order valence-electron chi connectivity index (χ1n) is 6.61. The van der Waals surface area contributed by atoms with Crippen LogP contribution in [0.1, 0.15) is 47.0 Å². The Labute approximate surface area is 94.6 Å². The molecule has 0 spiro atoms. The van der Waals surface area contributed by atoms with Crippen molar-refractivity contribution in [2.45, 2.75) is 71.1 Å². The predicted molar refractivity (Wildman–Crippen MR) is 65.1 cm³/mol. The van der Waals surface area contributed by atoms with Gasteiger partial charge < -0.3 is 0 Å². The van der Waals surface area contributed by atoms with Gasteiger partial charge in [-0.1, -0.05) is 6.42 Å². The minimum atomic E-state index is 0.727. The van der Waals surface area contributed by atoms with Crippen molar-refractivity contribution in [2.24, 2.45) is 0 Å². The van der Waals surface area contributed by atoms with E-state index in [0.717, 1.165) is 24.2 Å². The Hall–Kier alpha value is -0.0800. The van der Waals surface area contributed by atoms with Crippen LogP contribution >= 0.6 is 0 Å². The summed E-state index contributed by atoms with van der Waals surface area (Å²) in [4.78, 5) is 5.47. The number of rotatable bonds is 2. The van der Waals surface area contributed by atoms with E-state index in [-0.39, 0.29) is 0 Å². The summed E-state index contributed by atoms with van der Waals surface area (Å²) < 4.78 is 0. The van der Waals surface area contributed by atoms with Crippen LogP contribution < -0.4 is 0 Å². The van der Waals surface area contributed by atoms with Gasteiger partial charge in [-0.2, -0.15) is 0 Å². The van der Waals surface area contributed by atoms with Crippen LogP contribution in [-0.4, -0.2) is 47.1 Å². The second-order valence-corrected chi connectivity index (χ2v) is 5.82. The first-order valence-corrected chi connectivity index (χ1v) is 6.61. The van der Waals surface area contributed by atoms with E-state index in [2.05, 4.69) is 37.5 Å². The molecule has 3 fully saturated rings. The Kier molecular flexibility index (Phi) is 3.36. The van der Waals surface area contributed by atoms with Crippen LogP contribution in [0.3, 0.4) is 0 Å². The second-order valence-electron chi connectivity index (χ2n) is 5.82. The molecule has 0 aromatic carbocycles. The fraction of sp³-hybridized carbons (Fsp3) is 1.00. The van der Waals surface area contributed by atoms with Crippen molar-refractivity contribution in [1.29, 1.82) is 0 Å². The maximum atomic E-state index is 2.73. The normalized spacial score (nSPS) is 34.0. The van der Waals surface area contributed by atoms with E-state index >= 15 is 0 Å². The van der Waals surface area contributed by atoms with Crippen LogP contribution in [0.5, 0.6) is 0 Å². The summed E-state index contributed by atoms with van der Waals surface area (Å²) in [7, 11) is 0. The number of hydrogen-bond donors (Lipinski definition) is 0. The van der Waals surface area contributed by atoms with Gasteiger partial charge >= 0.3 is 0 Å². The molecule has 3 saturated heterocycles. The summed E-state index contributed by atoms with van der Waals surface area (Å²) in [5.41, 5.74) is 0. The van der Waals surface area contributed by atoms with Crippen molar-refractivity contribution in [1.82, 2.24) is 9.80 Å². The maximum Gasteiger partial charge on any atom is 0.0226 e. The van der Waals surface area contributed by atoms with Crippen molar-refractivity contribution in [2.75, 3.05) is 13.1 Å². The molecule has 3 heterocycles. The van der Waals surface area contributed by atoms with Gasteiger partial charge in [-0.15, -0.1) is 0 Å². The molecule has 15 heavy (non-hydrogen) atoms. The van der Waals surface area contributed by atoms with Crippen LogP contribution in [-0.2, 0) is 0 Å². The first-order chi connectivity index (χ1) is 7.09.